The molecule has 0 aromatic rings. The number of nitrogens with zero attached hydrogens (tertiary/aromatic N) is 1. The van der Waals surface area contributed by atoms with Gasteiger partial charge in [-0.2, -0.15) is 0 Å². The van der Waals surface area contributed by atoms with E-state index in [9.17, 15) is 4.79 Å². The van der Waals surface area contributed by atoms with Gasteiger partial charge in [-0.3, -0.25) is 9.69 Å². The Bertz CT molecular complexity index is 233. The van der Waals surface area contributed by atoms with Gasteiger partial charge in [0, 0.05) is 45.2 Å². The third-order valence-corrected chi connectivity index (χ3v) is 3.50. The summed E-state index contributed by atoms with van der Waals surface area (Å²) in [7, 11) is 1.70. The van der Waals surface area contributed by atoms with E-state index in [2.05, 4.69) is 24.1 Å². The predicted octanol–water partition coefficient (Wildman–Crippen LogP) is 0.977. The molecule has 0 aromatic carbocycles. The minimum Gasteiger partial charge on any atom is -0.383 e. The molecular formula is C14H31N3O2. The fourth-order valence-corrected chi connectivity index (χ4v) is 2.44. The van der Waals surface area contributed by atoms with E-state index in [1.807, 2.05) is 6.92 Å². The van der Waals surface area contributed by atoms with Crippen molar-refractivity contribution < 1.29 is 9.53 Å². The van der Waals surface area contributed by atoms with Crippen molar-refractivity contribution in [2.24, 2.45) is 5.73 Å². The molecule has 19 heavy (non-hydrogen) atoms. The summed E-state index contributed by atoms with van der Waals surface area (Å²) < 4.78 is 5.18. The standard InChI is InChI=1S/C14H31N3O2/c1-5-12(6-2)17(8-9-19-4)13(11-15)10-14(18)16-7-3/h12-13H,5-11,15H2,1-4H3,(H,16,18). The molecule has 0 heterocycles. The van der Waals surface area contributed by atoms with E-state index in [1.165, 1.54) is 0 Å². The normalized spacial score (nSPS) is 13.0. The molecular weight excluding hydrogens is 242 g/mol. The molecule has 0 bridgehead atoms. The predicted molar refractivity (Wildman–Crippen MR) is 79.1 cm³/mol. The van der Waals surface area contributed by atoms with E-state index in [-0.39, 0.29) is 11.9 Å². The van der Waals surface area contributed by atoms with Gasteiger partial charge in [0.1, 0.15) is 0 Å². The lowest BCUT2D eigenvalue weighted by Crippen LogP contribution is -2.50. The van der Waals surface area contributed by atoms with E-state index in [1.54, 1.807) is 7.11 Å². The van der Waals surface area contributed by atoms with Gasteiger partial charge in [0.05, 0.1) is 6.61 Å². The highest BCUT2D eigenvalue weighted by molar-refractivity contribution is 5.76. The average Bonchev–Trinajstić information content (AvgIpc) is 2.41. The number of rotatable bonds is 11. The molecule has 5 nitrogen and oxygen atoms in total. The van der Waals surface area contributed by atoms with Gasteiger partial charge in [0.15, 0.2) is 0 Å². The van der Waals surface area contributed by atoms with Gasteiger partial charge in [0.2, 0.25) is 5.91 Å². The van der Waals surface area contributed by atoms with Crippen molar-refractivity contribution >= 4 is 5.91 Å². The number of methoxy groups -OCH3 is 1. The molecule has 0 fully saturated rings. The Labute approximate surface area is 117 Å². The lowest BCUT2D eigenvalue weighted by Gasteiger charge is -2.36. The molecule has 114 valence electrons. The Hall–Kier alpha value is -0.650. The summed E-state index contributed by atoms with van der Waals surface area (Å²) in [6, 6.07) is 0.546. The number of ether oxygens (including phenoxy) is 1. The third kappa shape index (κ3) is 6.89. The number of amides is 1. The number of carbonyl (C=O) groups is 1. The van der Waals surface area contributed by atoms with Gasteiger partial charge in [-0.1, -0.05) is 13.8 Å². The summed E-state index contributed by atoms with van der Waals surface area (Å²) in [5.41, 5.74) is 5.87. The summed E-state index contributed by atoms with van der Waals surface area (Å²) in [4.78, 5) is 14.1. The number of nitrogens with one attached hydrogen (secondary N) is 1. The van der Waals surface area contributed by atoms with Gasteiger partial charge >= 0.3 is 0 Å². The van der Waals surface area contributed by atoms with Crippen LogP contribution in [-0.2, 0) is 9.53 Å². The average molecular weight is 273 g/mol. The van der Waals surface area contributed by atoms with Crippen molar-refractivity contribution in [3.8, 4) is 0 Å². The summed E-state index contributed by atoms with van der Waals surface area (Å²) >= 11 is 0. The number of nitrogens with two attached hydrogens (primary N) is 1. The lowest BCUT2D eigenvalue weighted by molar-refractivity contribution is -0.122. The molecule has 0 radical (unpaired) electrons. The Morgan fingerprint density at radius 2 is 1.89 bits per heavy atom. The molecule has 1 unspecified atom stereocenters. The molecule has 0 aliphatic heterocycles. The summed E-state index contributed by atoms with van der Waals surface area (Å²) in [5.74, 6) is 0.0753. The summed E-state index contributed by atoms with van der Waals surface area (Å²) in [5, 5.41) is 2.84. The third-order valence-electron chi connectivity index (χ3n) is 3.50. The minimum absolute atomic E-state index is 0.0753. The zero-order valence-corrected chi connectivity index (χ0v) is 12.9. The SMILES string of the molecule is CCNC(=O)CC(CN)N(CCOC)C(CC)CC. The van der Waals surface area contributed by atoms with Crippen LogP contribution in [0.1, 0.15) is 40.0 Å². The van der Waals surface area contributed by atoms with Crippen LogP contribution in [0.4, 0.5) is 0 Å². The first-order valence-electron chi connectivity index (χ1n) is 7.35. The van der Waals surface area contributed by atoms with Crippen molar-refractivity contribution in [3.63, 3.8) is 0 Å². The maximum absolute atomic E-state index is 11.8. The van der Waals surface area contributed by atoms with Crippen molar-refractivity contribution in [2.75, 3.05) is 33.4 Å². The largest absolute Gasteiger partial charge is 0.383 e. The zero-order valence-electron chi connectivity index (χ0n) is 12.9. The van der Waals surface area contributed by atoms with E-state index in [4.69, 9.17) is 10.5 Å². The molecule has 0 saturated carbocycles. The van der Waals surface area contributed by atoms with Crippen LogP contribution in [0.25, 0.3) is 0 Å². The first-order chi connectivity index (χ1) is 9.14. The van der Waals surface area contributed by atoms with Gasteiger partial charge in [-0.05, 0) is 19.8 Å². The van der Waals surface area contributed by atoms with Crippen molar-refractivity contribution in [2.45, 2.75) is 52.1 Å². The van der Waals surface area contributed by atoms with Crippen LogP contribution in [0.3, 0.4) is 0 Å². The zero-order chi connectivity index (χ0) is 14.7. The highest BCUT2D eigenvalue weighted by Gasteiger charge is 2.24. The van der Waals surface area contributed by atoms with Crippen molar-refractivity contribution in [1.29, 1.82) is 0 Å². The van der Waals surface area contributed by atoms with Crippen LogP contribution >= 0.6 is 0 Å². The monoisotopic (exact) mass is 273 g/mol. The Kier molecular flexibility index (Phi) is 10.8. The molecule has 0 aliphatic rings. The van der Waals surface area contributed by atoms with E-state index in [0.29, 0.717) is 32.2 Å². The fourth-order valence-electron chi connectivity index (χ4n) is 2.44. The van der Waals surface area contributed by atoms with Gasteiger partial charge in [-0.25, -0.2) is 0 Å². The second-order valence-corrected chi connectivity index (χ2v) is 4.75. The molecule has 0 aliphatic carbocycles. The van der Waals surface area contributed by atoms with E-state index < -0.39 is 0 Å². The molecule has 0 saturated heterocycles. The second kappa shape index (κ2) is 11.2. The molecule has 0 rings (SSSR count). The number of hydrogen-bond acceptors (Lipinski definition) is 4. The molecule has 0 aromatic heterocycles. The van der Waals surface area contributed by atoms with Gasteiger partial charge in [-0.15, -0.1) is 0 Å². The molecule has 5 heteroatoms. The van der Waals surface area contributed by atoms with Gasteiger partial charge < -0.3 is 15.8 Å². The quantitative estimate of drug-likeness (QED) is 0.589. The Morgan fingerprint density at radius 3 is 2.32 bits per heavy atom. The fraction of sp³-hybridized carbons (Fsp3) is 0.929. The smallest absolute Gasteiger partial charge is 0.221 e. The molecule has 1 amide bonds. The maximum Gasteiger partial charge on any atom is 0.221 e. The summed E-state index contributed by atoms with van der Waals surface area (Å²) in [6.07, 6.45) is 2.59. The Morgan fingerprint density at radius 1 is 1.26 bits per heavy atom. The second-order valence-electron chi connectivity index (χ2n) is 4.75. The van der Waals surface area contributed by atoms with Crippen molar-refractivity contribution in [3.05, 3.63) is 0 Å². The van der Waals surface area contributed by atoms with Crippen LogP contribution < -0.4 is 11.1 Å². The van der Waals surface area contributed by atoms with Crippen LogP contribution in [0.15, 0.2) is 0 Å². The lowest BCUT2D eigenvalue weighted by atomic mass is 10.0. The van der Waals surface area contributed by atoms with Gasteiger partial charge in [0.25, 0.3) is 0 Å². The topological polar surface area (TPSA) is 67.6 Å². The van der Waals surface area contributed by atoms with Crippen molar-refractivity contribution in [1.82, 2.24) is 10.2 Å². The number of carbonyl (C=O) groups excluding carboxylic acids is 1. The molecule has 1 atom stereocenters. The molecule has 3 N–H and O–H groups in total. The van der Waals surface area contributed by atoms with E-state index >= 15 is 0 Å². The van der Waals surface area contributed by atoms with Crippen LogP contribution in [0.2, 0.25) is 0 Å². The first-order valence-corrected chi connectivity index (χ1v) is 7.35. The minimum atomic E-state index is 0.0753. The number of hydrogen-bond donors (Lipinski definition) is 2. The highest BCUT2D eigenvalue weighted by Crippen LogP contribution is 2.14. The van der Waals surface area contributed by atoms with Crippen LogP contribution in [0.5, 0.6) is 0 Å². The Balaban J connectivity index is 4.69. The maximum atomic E-state index is 11.8. The highest BCUT2D eigenvalue weighted by atomic mass is 16.5. The molecule has 0 spiro atoms. The summed E-state index contributed by atoms with van der Waals surface area (Å²) in [6.45, 7) is 8.93. The van der Waals surface area contributed by atoms with Crippen LogP contribution in [0, 0.1) is 0 Å². The first kappa shape index (κ1) is 18.4. The van der Waals surface area contributed by atoms with Crippen LogP contribution in [-0.4, -0.2) is 56.2 Å². The van der Waals surface area contributed by atoms with E-state index in [0.717, 1.165) is 19.4 Å².